The van der Waals surface area contributed by atoms with Crippen LogP contribution in [-0.4, -0.2) is 90.7 Å². The van der Waals surface area contributed by atoms with Crippen LogP contribution in [0.3, 0.4) is 0 Å². The first-order valence-electron chi connectivity index (χ1n) is 9.14. The van der Waals surface area contributed by atoms with Gasteiger partial charge in [0.1, 0.15) is 11.9 Å². The summed E-state index contributed by atoms with van der Waals surface area (Å²) in [5.41, 5.74) is 0. The number of amides is 1. The van der Waals surface area contributed by atoms with E-state index in [1.807, 2.05) is 4.90 Å². The molecule has 2 aliphatic rings. The zero-order valence-electron chi connectivity index (χ0n) is 15.2. The van der Waals surface area contributed by atoms with Gasteiger partial charge in [0.05, 0.1) is 6.20 Å². The monoisotopic (exact) mass is 361 g/mol. The van der Waals surface area contributed by atoms with E-state index in [2.05, 4.69) is 30.5 Å². The summed E-state index contributed by atoms with van der Waals surface area (Å²) in [4.78, 5) is 29.0. The maximum atomic E-state index is 12.4. The van der Waals surface area contributed by atoms with Gasteiger partial charge in [-0.15, -0.1) is 0 Å². The van der Waals surface area contributed by atoms with Crippen LogP contribution in [-0.2, 0) is 9.53 Å². The third kappa shape index (κ3) is 4.81. The van der Waals surface area contributed by atoms with Crippen molar-refractivity contribution >= 4 is 17.7 Å². The largest absolute Gasteiger partial charge is 0.368 e. The first kappa shape index (κ1) is 18.4. The lowest BCUT2D eigenvalue weighted by molar-refractivity contribution is -0.142. The van der Waals surface area contributed by atoms with Gasteiger partial charge in [-0.1, -0.05) is 0 Å². The van der Waals surface area contributed by atoms with E-state index >= 15 is 0 Å². The number of aromatic nitrogens is 2. The molecule has 1 atom stereocenters. The standard InChI is InChI=1S/C17H27N7O2/c1-18-17(22-7-6-21-15-13-19-4-5-20-15)24-10-8-23(9-11-24)16(25)14-3-2-12-26-14/h4-5,13-14H,2-3,6-12H2,1H3,(H,18,22)(H,20,21). The van der Waals surface area contributed by atoms with Gasteiger partial charge >= 0.3 is 0 Å². The number of nitrogens with one attached hydrogen (secondary N) is 2. The topological polar surface area (TPSA) is 95.0 Å². The first-order chi connectivity index (χ1) is 12.8. The van der Waals surface area contributed by atoms with Crippen LogP contribution in [0.4, 0.5) is 5.82 Å². The van der Waals surface area contributed by atoms with Crippen molar-refractivity contribution in [3.05, 3.63) is 18.6 Å². The molecule has 26 heavy (non-hydrogen) atoms. The van der Waals surface area contributed by atoms with Gasteiger partial charge in [0.2, 0.25) is 0 Å². The van der Waals surface area contributed by atoms with Crippen LogP contribution in [0.1, 0.15) is 12.8 Å². The van der Waals surface area contributed by atoms with Crippen molar-refractivity contribution in [2.24, 2.45) is 4.99 Å². The summed E-state index contributed by atoms with van der Waals surface area (Å²) in [7, 11) is 1.78. The summed E-state index contributed by atoms with van der Waals surface area (Å²) in [6.07, 6.45) is 6.60. The van der Waals surface area contributed by atoms with E-state index in [0.29, 0.717) is 19.7 Å². The average Bonchev–Trinajstić information content (AvgIpc) is 3.23. The van der Waals surface area contributed by atoms with Crippen molar-refractivity contribution in [1.82, 2.24) is 25.1 Å². The second-order valence-electron chi connectivity index (χ2n) is 6.31. The fraction of sp³-hybridized carbons (Fsp3) is 0.647. The summed E-state index contributed by atoms with van der Waals surface area (Å²) < 4.78 is 5.51. The minimum atomic E-state index is -0.230. The molecule has 9 heteroatoms. The molecule has 142 valence electrons. The third-order valence-electron chi connectivity index (χ3n) is 4.59. The molecule has 0 spiro atoms. The van der Waals surface area contributed by atoms with Crippen LogP contribution in [0.2, 0.25) is 0 Å². The molecule has 1 unspecified atom stereocenters. The second kappa shape index (κ2) is 9.33. The number of anilines is 1. The predicted octanol–water partition coefficient (Wildman–Crippen LogP) is -0.213. The Morgan fingerprint density at radius 3 is 2.73 bits per heavy atom. The van der Waals surface area contributed by atoms with Crippen LogP contribution in [0.15, 0.2) is 23.6 Å². The van der Waals surface area contributed by atoms with E-state index in [1.54, 1.807) is 25.6 Å². The molecular formula is C17H27N7O2. The van der Waals surface area contributed by atoms with Crippen molar-refractivity contribution in [3.63, 3.8) is 0 Å². The first-order valence-corrected chi connectivity index (χ1v) is 9.14. The van der Waals surface area contributed by atoms with Gasteiger partial charge in [0.25, 0.3) is 5.91 Å². The number of hydrogen-bond donors (Lipinski definition) is 2. The number of ether oxygens (including phenoxy) is 1. The molecule has 1 amide bonds. The number of hydrogen-bond acceptors (Lipinski definition) is 6. The van der Waals surface area contributed by atoms with Gasteiger partial charge in [-0.3, -0.25) is 14.8 Å². The molecule has 0 aliphatic carbocycles. The number of guanidine groups is 1. The molecule has 2 fully saturated rings. The van der Waals surface area contributed by atoms with Crippen molar-refractivity contribution in [2.45, 2.75) is 18.9 Å². The number of aliphatic imine (C=N–C) groups is 1. The number of rotatable bonds is 5. The highest BCUT2D eigenvalue weighted by Crippen LogP contribution is 2.16. The Labute approximate surface area is 153 Å². The Kier molecular flexibility index (Phi) is 6.59. The molecule has 3 rings (SSSR count). The van der Waals surface area contributed by atoms with Crippen LogP contribution < -0.4 is 10.6 Å². The molecule has 1 aromatic heterocycles. The van der Waals surface area contributed by atoms with Gasteiger partial charge in [0.15, 0.2) is 5.96 Å². The number of piperazine rings is 1. The van der Waals surface area contributed by atoms with Gasteiger partial charge in [-0.25, -0.2) is 4.98 Å². The molecule has 2 aliphatic heterocycles. The summed E-state index contributed by atoms with van der Waals surface area (Å²) in [6.45, 7) is 5.10. The molecule has 2 saturated heterocycles. The lowest BCUT2D eigenvalue weighted by Gasteiger charge is -2.37. The van der Waals surface area contributed by atoms with Crippen molar-refractivity contribution < 1.29 is 9.53 Å². The van der Waals surface area contributed by atoms with Crippen molar-refractivity contribution in [1.29, 1.82) is 0 Å². The van der Waals surface area contributed by atoms with Crippen LogP contribution in [0.25, 0.3) is 0 Å². The fourth-order valence-corrected chi connectivity index (χ4v) is 3.20. The van der Waals surface area contributed by atoms with Gasteiger partial charge in [-0.2, -0.15) is 0 Å². The Bertz CT molecular complexity index is 596. The highest BCUT2D eigenvalue weighted by Gasteiger charge is 2.30. The van der Waals surface area contributed by atoms with E-state index in [-0.39, 0.29) is 12.0 Å². The summed E-state index contributed by atoms with van der Waals surface area (Å²) in [6, 6.07) is 0. The maximum Gasteiger partial charge on any atom is 0.251 e. The van der Waals surface area contributed by atoms with Gasteiger partial charge < -0.3 is 25.2 Å². The van der Waals surface area contributed by atoms with Gasteiger partial charge in [0, 0.05) is 65.3 Å². The third-order valence-corrected chi connectivity index (χ3v) is 4.59. The smallest absolute Gasteiger partial charge is 0.251 e. The van der Waals surface area contributed by atoms with Crippen LogP contribution >= 0.6 is 0 Å². The Morgan fingerprint density at radius 1 is 1.27 bits per heavy atom. The molecule has 0 aromatic carbocycles. The van der Waals surface area contributed by atoms with E-state index in [1.165, 1.54) is 0 Å². The van der Waals surface area contributed by atoms with E-state index < -0.39 is 0 Å². The quantitative estimate of drug-likeness (QED) is 0.426. The Hall–Kier alpha value is -2.42. The Morgan fingerprint density at radius 2 is 2.08 bits per heavy atom. The summed E-state index contributed by atoms with van der Waals surface area (Å²) in [5.74, 6) is 1.75. The zero-order valence-corrected chi connectivity index (χ0v) is 15.2. The number of carbonyl (C=O) groups is 1. The average molecular weight is 361 g/mol. The lowest BCUT2D eigenvalue weighted by atomic mass is 10.2. The minimum Gasteiger partial charge on any atom is -0.368 e. The molecule has 9 nitrogen and oxygen atoms in total. The molecular weight excluding hydrogens is 334 g/mol. The molecule has 0 bridgehead atoms. The van der Waals surface area contributed by atoms with E-state index in [4.69, 9.17) is 4.74 Å². The van der Waals surface area contributed by atoms with Gasteiger partial charge in [-0.05, 0) is 12.8 Å². The molecule has 0 saturated carbocycles. The molecule has 2 N–H and O–H groups in total. The predicted molar refractivity (Wildman–Crippen MR) is 99.0 cm³/mol. The highest BCUT2D eigenvalue weighted by molar-refractivity contribution is 5.82. The number of nitrogens with zero attached hydrogens (tertiary/aromatic N) is 5. The normalized spacial score (nSPS) is 21.0. The Balaban J connectivity index is 1.38. The van der Waals surface area contributed by atoms with Crippen LogP contribution in [0, 0.1) is 0 Å². The van der Waals surface area contributed by atoms with Crippen molar-refractivity contribution in [3.8, 4) is 0 Å². The lowest BCUT2D eigenvalue weighted by Crippen LogP contribution is -2.55. The summed E-state index contributed by atoms with van der Waals surface area (Å²) in [5, 5.41) is 6.55. The van der Waals surface area contributed by atoms with E-state index in [0.717, 1.165) is 50.8 Å². The fourth-order valence-electron chi connectivity index (χ4n) is 3.20. The molecule has 1 aromatic rings. The SMILES string of the molecule is CN=C(NCCNc1cnccn1)N1CCN(C(=O)C2CCCO2)CC1. The minimum absolute atomic E-state index is 0.137. The summed E-state index contributed by atoms with van der Waals surface area (Å²) >= 11 is 0. The molecule has 3 heterocycles. The maximum absolute atomic E-state index is 12.4. The zero-order chi connectivity index (χ0) is 18.2. The number of carbonyl (C=O) groups excluding carboxylic acids is 1. The van der Waals surface area contributed by atoms with Crippen LogP contribution in [0.5, 0.6) is 0 Å². The molecule has 0 radical (unpaired) electrons. The highest BCUT2D eigenvalue weighted by atomic mass is 16.5. The van der Waals surface area contributed by atoms with E-state index in [9.17, 15) is 4.79 Å². The van der Waals surface area contributed by atoms with Crippen molar-refractivity contribution in [2.75, 3.05) is 58.2 Å². The second-order valence-corrected chi connectivity index (χ2v) is 6.31.